The summed E-state index contributed by atoms with van der Waals surface area (Å²) in [6, 6.07) is 17.1. The molecule has 0 aliphatic carbocycles. The number of hydrogen-bond donors (Lipinski definition) is 1. The number of carbonyl (C=O) groups excluding carboxylic acids is 1. The molecule has 1 N–H and O–H groups in total. The van der Waals surface area contributed by atoms with E-state index in [1.54, 1.807) is 6.07 Å². The molecule has 0 heterocycles. The van der Waals surface area contributed by atoms with Crippen molar-refractivity contribution in [2.24, 2.45) is 0 Å². The van der Waals surface area contributed by atoms with Gasteiger partial charge < -0.3 is 10.1 Å². The van der Waals surface area contributed by atoms with E-state index in [-0.39, 0.29) is 10.6 Å². The van der Waals surface area contributed by atoms with Gasteiger partial charge in [-0.15, -0.1) is 13.2 Å². The molecule has 0 bridgehead atoms. The molecule has 0 radical (unpaired) electrons. The third-order valence-corrected chi connectivity index (χ3v) is 3.72. The number of benzene rings is 3. The first-order chi connectivity index (χ1) is 12.4. The van der Waals surface area contributed by atoms with Crippen LogP contribution in [-0.2, 0) is 0 Å². The maximum absolute atomic E-state index is 13.1. The van der Waals surface area contributed by atoms with Crippen molar-refractivity contribution in [2.45, 2.75) is 6.30 Å². The molecular formula is C19H15F3N2O2. The Hall–Kier alpha value is -3.22. The zero-order valence-electron chi connectivity index (χ0n) is 13.7. The summed E-state index contributed by atoms with van der Waals surface area (Å²) in [6.45, 7) is 0. The lowest BCUT2D eigenvalue weighted by atomic mass is 10.1. The lowest BCUT2D eigenvalue weighted by molar-refractivity contribution is -0.121. The number of amides is 2. The van der Waals surface area contributed by atoms with Crippen LogP contribution in [0.2, 0.25) is 0 Å². The lowest BCUT2D eigenvalue weighted by Crippen LogP contribution is -2.47. The van der Waals surface area contributed by atoms with Crippen molar-refractivity contribution in [3.63, 3.8) is 0 Å². The van der Waals surface area contributed by atoms with Crippen LogP contribution in [0.5, 0.6) is 11.5 Å². The molecule has 0 aliphatic heterocycles. The zero-order valence-corrected chi connectivity index (χ0v) is 13.7. The largest absolute Gasteiger partial charge is 0.493 e. The minimum absolute atomic E-state index is 0.271. The van der Waals surface area contributed by atoms with Crippen LogP contribution >= 0.6 is 0 Å². The molecule has 3 aromatic carbocycles. The van der Waals surface area contributed by atoms with Gasteiger partial charge in [0.15, 0.2) is 0 Å². The Labute approximate surface area is 147 Å². The maximum Gasteiger partial charge on any atom is 0.493 e. The van der Waals surface area contributed by atoms with Crippen LogP contribution in [-0.4, -0.2) is 19.4 Å². The molecule has 3 rings (SSSR count). The number of nitrogens with one attached hydrogen (secondary N) is 1. The summed E-state index contributed by atoms with van der Waals surface area (Å²) in [5, 5.41) is 4.02. The molecule has 134 valence electrons. The molecule has 4 nitrogen and oxygen atoms in total. The molecule has 26 heavy (non-hydrogen) atoms. The maximum atomic E-state index is 13.1. The van der Waals surface area contributed by atoms with Crippen molar-refractivity contribution < 1.29 is 22.7 Å². The normalized spacial score (nSPS) is 11.2. The van der Waals surface area contributed by atoms with E-state index >= 15 is 0 Å². The van der Waals surface area contributed by atoms with Crippen molar-refractivity contribution in [1.29, 1.82) is 0 Å². The zero-order chi connectivity index (χ0) is 18.7. The predicted molar refractivity (Wildman–Crippen MR) is 93.5 cm³/mol. The molecule has 0 aliphatic rings. The Bertz CT molecular complexity index is 924. The van der Waals surface area contributed by atoms with Gasteiger partial charge in [0.25, 0.3) is 0 Å². The molecule has 0 saturated heterocycles. The number of hydrogen-bond acceptors (Lipinski definition) is 2. The highest BCUT2D eigenvalue weighted by atomic mass is 19.4. The first kappa shape index (κ1) is 17.6. The summed E-state index contributed by atoms with van der Waals surface area (Å²) in [4.78, 5) is 11.3. The van der Waals surface area contributed by atoms with E-state index < -0.39 is 12.3 Å². The smallest absolute Gasteiger partial charge is 0.457 e. The summed E-state index contributed by atoms with van der Waals surface area (Å²) in [5.74, 6) is 0.929. The Morgan fingerprint density at radius 2 is 1.54 bits per heavy atom. The topological polar surface area (TPSA) is 41.6 Å². The molecule has 3 aromatic rings. The van der Waals surface area contributed by atoms with E-state index in [4.69, 9.17) is 4.74 Å². The van der Waals surface area contributed by atoms with Crippen molar-refractivity contribution in [3.8, 4) is 11.5 Å². The van der Waals surface area contributed by atoms with Gasteiger partial charge in [0, 0.05) is 7.05 Å². The molecular weight excluding hydrogens is 345 g/mol. The summed E-state index contributed by atoms with van der Waals surface area (Å²) in [5.41, 5.74) is -0.303. The standard InChI is InChI=1S/C19H15F3N2O2/c1-23-18(25)24(19(20,21)22)15-7-10-16(11-8-15)26-17-9-6-13-4-2-3-5-14(13)12-17/h2-12H,1H3,(H,23,25). The van der Waals surface area contributed by atoms with Gasteiger partial charge in [0.1, 0.15) is 11.5 Å². The van der Waals surface area contributed by atoms with Gasteiger partial charge in [0.2, 0.25) is 0 Å². The number of carbonyl (C=O) groups is 1. The summed E-state index contributed by atoms with van der Waals surface area (Å²) < 4.78 is 44.9. The van der Waals surface area contributed by atoms with Crippen molar-refractivity contribution in [2.75, 3.05) is 11.9 Å². The van der Waals surface area contributed by atoms with E-state index in [0.29, 0.717) is 11.5 Å². The lowest BCUT2D eigenvalue weighted by Gasteiger charge is -2.24. The van der Waals surface area contributed by atoms with Crippen molar-refractivity contribution in [3.05, 3.63) is 66.7 Å². The van der Waals surface area contributed by atoms with Gasteiger partial charge in [-0.05, 0) is 47.2 Å². The van der Waals surface area contributed by atoms with Gasteiger partial charge in [-0.3, -0.25) is 0 Å². The van der Waals surface area contributed by atoms with Crippen LogP contribution in [0.4, 0.5) is 23.7 Å². The molecule has 7 heteroatoms. The van der Waals surface area contributed by atoms with Crippen LogP contribution in [0.1, 0.15) is 0 Å². The summed E-state index contributed by atoms with van der Waals surface area (Å²) in [7, 11) is 1.14. The number of urea groups is 1. The molecule has 0 aromatic heterocycles. The number of alkyl halides is 3. The number of rotatable bonds is 3. The second-order valence-corrected chi connectivity index (χ2v) is 5.46. The fourth-order valence-electron chi connectivity index (χ4n) is 2.52. The Balaban J connectivity index is 1.83. The average molecular weight is 360 g/mol. The highest BCUT2D eigenvalue weighted by Gasteiger charge is 2.42. The van der Waals surface area contributed by atoms with Crippen molar-refractivity contribution >= 4 is 22.5 Å². The van der Waals surface area contributed by atoms with Gasteiger partial charge in [-0.2, -0.15) is 0 Å². The minimum Gasteiger partial charge on any atom is -0.457 e. The third-order valence-electron chi connectivity index (χ3n) is 3.72. The summed E-state index contributed by atoms with van der Waals surface area (Å²) in [6.07, 6.45) is -4.83. The fourth-order valence-corrected chi connectivity index (χ4v) is 2.52. The molecule has 0 unspecified atom stereocenters. The van der Waals surface area contributed by atoms with Crippen LogP contribution in [0.15, 0.2) is 66.7 Å². The third kappa shape index (κ3) is 3.72. The van der Waals surface area contributed by atoms with Gasteiger partial charge in [0.05, 0.1) is 5.69 Å². The second-order valence-electron chi connectivity index (χ2n) is 5.46. The first-order valence-electron chi connectivity index (χ1n) is 7.74. The van der Waals surface area contributed by atoms with Crippen LogP contribution in [0.3, 0.4) is 0 Å². The van der Waals surface area contributed by atoms with E-state index in [0.717, 1.165) is 17.8 Å². The van der Waals surface area contributed by atoms with Gasteiger partial charge in [-0.25, -0.2) is 9.69 Å². The second kappa shape index (κ2) is 6.95. The van der Waals surface area contributed by atoms with Crippen LogP contribution in [0.25, 0.3) is 10.8 Å². The number of fused-ring (bicyclic) bond motifs is 1. The highest BCUT2D eigenvalue weighted by molar-refractivity contribution is 5.92. The van der Waals surface area contributed by atoms with Gasteiger partial charge >= 0.3 is 12.3 Å². The van der Waals surface area contributed by atoms with Gasteiger partial charge in [-0.1, -0.05) is 30.3 Å². The Morgan fingerprint density at radius 1 is 0.923 bits per heavy atom. The monoisotopic (exact) mass is 360 g/mol. The predicted octanol–water partition coefficient (Wildman–Crippen LogP) is 5.30. The van der Waals surface area contributed by atoms with E-state index in [1.807, 2.05) is 41.7 Å². The summed E-state index contributed by atoms with van der Waals surface area (Å²) >= 11 is 0. The number of halogens is 3. The quantitative estimate of drug-likeness (QED) is 0.644. The number of ether oxygens (including phenoxy) is 1. The van der Waals surface area contributed by atoms with Crippen LogP contribution in [0, 0.1) is 0 Å². The number of anilines is 1. The molecule has 0 fully saturated rings. The minimum atomic E-state index is -4.83. The van der Waals surface area contributed by atoms with E-state index in [1.165, 1.54) is 24.3 Å². The number of nitrogens with zero attached hydrogens (tertiary/aromatic N) is 1. The molecule has 0 atom stereocenters. The van der Waals surface area contributed by atoms with E-state index in [9.17, 15) is 18.0 Å². The molecule has 0 saturated carbocycles. The van der Waals surface area contributed by atoms with Crippen LogP contribution < -0.4 is 15.0 Å². The molecule has 0 spiro atoms. The SMILES string of the molecule is CNC(=O)N(c1ccc(Oc2ccc3ccccc3c2)cc1)C(F)(F)F. The molecule has 2 amide bonds. The van der Waals surface area contributed by atoms with E-state index in [2.05, 4.69) is 0 Å². The first-order valence-corrected chi connectivity index (χ1v) is 7.74. The average Bonchev–Trinajstić information content (AvgIpc) is 2.62. The van der Waals surface area contributed by atoms with Crippen molar-refractivity contribution in [1.82, 2.24) is 5.32 Å². The Kier molecular flexibility index (Phi) is 4.71. The highest BCUT2D eigenvalue weighted by Crippen LogP contribution is 2.31. The fraction of sp³-hybridized carbons (Fsp3) is 0.105. The Morgan fingerprint density at radius 3 is 2.15 bits per heavy atom.